The third-order valence-electron chi connectivity index (χ3n) is 3.80. The van der Waals surface area contributed by atoms with Crippen molar-refractivity contribution < 1.29 is 0 Å². The van der Waals surface area contributed by atoms with E-state index in [9.17, 15) is 0 Å². The van der Waals surface area contributed by atoms with Crippen LogP contribution in [-0.2, 0) is 0 Å². The van der Waals surface area contributed by atoms with E-state index in [1.165, 1.54) is 32.1 Å². The van der Waals surface area contributed by atoms with Crippen molar-refractivity contribution in [1.82, 2.24) is 9.97 Å². The van der Waals surface area contributed by atoms with Gasteiger partial charge >= 0.3 is 0 Å². The lowest BCUT2D eigenvalue weighted by Gasteiger charge is -2.36. The molecule has 0 amide bonds. The molecule has 1 aliphatic rings. The first-order valence-corrected chi connectivity index (χ1v) is 8.70. The number of nitrogens with zero attached hydrogens (tertiary/aromatic N) is 2. The third-order valence-corrected chi connectivity index (χ3v) is 5.97. The summed E-state index contributed by atoms with van der Waals surface area (Å²) in [6.07, 6.45) is 10.5. The number of hydrogen-bond acceptors (Lipinski definition) is 5. The first kappa shape index (κ1) is 14.9. The number of nitrogens with one attached hydrogen (secondary N) is 2. The summed E-state index contributed by atoms with van der Waals surface area (Å²) >= 11 is 5.54. The summed E-state index contributed by atoms with van der Waals surface area (Å²) < 4.78 is 1.27. The quantitative estimate of drug-likeness (QED) is 0.851. The predicted octanol–water partition coefficient (Wildman–Crippen LogP) is 3.76. The summed E-state index contributed by atoms with van der Waals surface area (Å²) in [4.78, 5) is 8.49. The molecule has 19 heavy (non-hydrogen) atoms. The van der Waals surface area contributed by atoms with Gasteiger partial charge in [0.05, 0.1) is 0 Å². The first-order valence-electron chi connectivity index (χ1n) is 6.68. The Hall–Kier alpha value is -0.490. The Labute approximate surface area is 127 Å². The van der Waals surface area contributed by atoms with Gasteiger partial charge in [-0.2, -0.15) is 11.8 Å². The Morgan fingerprint density at radius 1 is 1.26 bits per heavy atom. The molecule has 0 spiro atoms. The lowest BCUT2D eigenvalue weighted by molar-refractivity contribution is 0.411. The van der Waals surface area contributed by atoms with Gasteiger partial charge in [0.15, 0.2) is 0 Å². The highest BCUT2D eigenvalue weighted by Gasteiger charge is 2.31. The van der Waals surface area contributed by atoms with E-state index in [1.54, 1.807) is 6.33 Å². The smallest absolute Gasteiger partial charge is 0.145 e. The molecule has 6 heteroatoms. The van der Waals surface area contributed by atoms with Crippen LogP contribution in [0.25, 0.3) is 0 Å². The van der Waals surface area contributed by atoms with Gasteiger partial charge in [0.25, 0.3) is 0 Å². The summed E-state index contributed by atoms with van der Waals surface area (Å²) in [5.41, 5.74) is 0. The monoisotopic (exact) mass is 344 g/mol. The Morgan fingerprint density at radius 2 is 1.95 bits per heavy atom. The molecule has 1 heterocycles. The highest BCUT2D eigenvalue weighted by molar-refractivity contribution is 9.10. The van der Waals surface area contributed by atoms with Gasteiger partial charge in [-0.15, -0.1) is 0 Å². The zero-order valence-corrected chi connectivity index (χ0v) is 13.9. The second-order valence-corrected chi connectivity index (χ2v) is 7.00. The summed E-state index contributed by atoms with van der Waals surface area (Å²) in [7, 11) is 1.86. The molecule has 0 bridgehead atoms. The van der Waals surface area contributed by atoms with Crippen LogP contribution in [0.2, 0.25) is 0 Å². The molecule has 2 rings (SSSR count). The second-order valence-electron chi connectivity index (χ2n) is 4.94. The highest BCUT2D eigenvalue weighted by atomic mass is 79.9. The largest absolute Gasteiger partial charge is 0.372 e. The number of halogens is 1. The SMILES string of the molecule is CNc1ncnc(NCC2(SC)CCCCC2)c1Br. The molecule has 0 radical (unpaired) electrons. The van der Waals surface area contributed by atoms with Gasteiger partial charge in [-0.25, -0.2) is 9.97 Å². The minimum Gasteiger partial charge on any atom is -0.372 e. The standard InChI is InChI=1S/C13H21BrN4S/c1-15-11-10(14)12(18-9-17-11)16-8-13(19-2)6-4-3-5-7-13/h9H,3-8H2,1-2H3,(H2,15,16,17,18). The van der Waals surface area contributed by atoms with Crippen LogP contribution in [-0.4, -0.2) is 34.6 Å². The molecule has 0 aliphatic heterocycles. The molecule has 0 atom stereocenters. The number of anilines is 2. The number of hydrogen-bond donors (Lipinski definition) is 2. The van der Waals surface area contributed by atoms with Gasteiger partial charge in [0.2, 0.25) is 0 Å². The molecule has 0 aromatic carbocycles. The van der Waals surface area contributed by atoms with E-state index in [0.717, 1.165) is 22.7 Å². The maximum Gasteiger partial charge on any atom is 0.145 e. The minimum absolute atomic E-state index is 0.364. The van der Waals surface area contributed by atoms with E-state index in [0.29, 0.717) is 4.75 Å². The topological polar surface area (TPSA) is 49.8 Å². The maximum atomic E-state index is 4.32. The fourth-order valence-corrected chi connectivity index (χ4v) is 4.02. The predicted molar refractivity (Wildman–Crippen MR) is 87.1 cm³/mol. The maximum absolute atomic E-state index is 4.32. The van der Waals surface area contributed by atoms with Crippen LogP contribution in [0.1, 0.15) is 32.1 Å². The van der Waals surface area contributed by atoms with Crippen LogP contribution >= 0.6 is 27.7 Å². The van der Waals surface area contributed by atoms with Crippen LogP contribution in [0.5, 0.6) is 0 Å². The molecule has 1 aromatic heterocycles. The van der Waals surface area contributed by atoms with Crippen molar-refractivity contribution in [2.45, 2.75) is 36.9 Å². The zero-order chi connectivity index (χ0) is 13.7. The molecule has 0 unspecified atom stereocenters. The van der Waals surface area contributed by atoms with E-state index < -0.39 is 0 Å². The Balaban J connectivity index is 2.05. The molecule has 0 saturated heterocycles. The molecular formula is C13H21BrN4S. The van der Waals surface area contributed by atoms with Crippen molar-refractivity contribution in [2.75, 3.05) is 30.5 Å². The van der Waals surface area contributed by atoms with E-state index in [-0.39, 0.29) is 0 Å². The van der Waals surface area contributed by atoms with E-state index in [4.69, 9.17) is 0 Å². The first-order chi connectivity index (χ1) is 9.21. The lowest BCUT2D eigenvalue weighted by atomic mass is 9.88. The number of thioether (sulfide) groups is 1. The molecule has 4 nitrogen and oxygen atoms in total. The fraction of sp³-hybridized carbons (Fsp3) is 0.692. The van der Waals surface area contributed by atoms with Crippen molar-refractivity contribution in [3.8, 4) is 0 Å². The highest BCUT2D eigenvalue weighted by Crippen LogP contribution is 2.39. The lowest BCUT2D eigenvalue weighted by Crippen LogP contribution is -2.35. The van der Waals surface area contributed by atoms with Crippen molar-refractivity contribution in [1.29, 1.82) is 0 Å². The average Bonchev–Trinajstić information content (AvgIpc) is 2.47. The van der Waals surface area contributed by atoms with Crippen LogP contribution in [0.4, 0.5) is 11.6 Å². The minimum atomic E-state index is 0.364. The Kier molecular flexibility index (Phi) is 5.33. The summed E-state index contributed by atoms with van der Waals surface area (Å²) in [5, 5.41) is 6.54. The van der Waals surface area contributed by atoms with Crippen molar-refractivity contribution in [2.24, 2.45) is 0 Å². The molecule has 1 saturated carbocycles. The Morgan fingerprint density at radius 3 is 2.58 bits per heavy atom. The molecule has 1 aromatic rings. The van der Waals surface area contributed by atoms with E-state index >= 15 is 0 Å². The van der Waals surface area contributed by atoms with Gasteiger partial charge in [0.1, 0.15) is 22.4 Å². The summed E-state index contributed by atoms with van der Waals surface area (Å²) in [5.74, 6) is 1.69. The normalized spacial score (nSPS) is 18.1. The van der Waals surface area contributed by atoms with Gasteiger partial charge in [-0.3, -0.25) is 0 Å². The summed E-state index contributed by atoms with van der Waals surface area (Å²) in [6, 6.07) is 0. The number of rotatable bonds is 5. The Bertz CT molecular complexity index is 421. The molecule has 1 fully saturated rings. The van der Waals surface area contributed by atoms with Crippen molar-refractivity contribution >= 4 is 39.3 Å². The van der Waals surface area contributed by atoms with Crippen LogP contribution in [0, 0.1) is 0 Å². The molecular weight excluding hydrogens is 324 g/mol. The zero-order valence-electron chi connectivity index (χ0n) is 11.5. The van der Waals surface area contributed by atoms with Crippen molar-refractivity contribution in [3.05, 3.63) is 10.8 Å². The van der Waals surface area contributed by atoms with Gasteiger partial charge in [-0.1, -0.05) is 19.3 Å². The van der Waals surface area contributed by atoms with Crippen LogP contribution in [0.15, 0.2) is 10.8 Å². The van der Waals surface area contributed by atoms with Gasteiger partial charge < -0.3 is 10.6 Å². The van der Waals surface area contributed by atoms with Gasteiger partial charge in [-0.05, 0) is 35.0 Å². The van der Waals surface area contributed by atoms with Gasteiger partial charge in [0, 0.05) is 18.3 Å². The van der Waals surface area contributed by atoms with E-state index in [2.05, 4.69) is 42.8 Å². The third kappa shape index (κ3) is 3.54. The average molecular weight is 345 g/mol. The summed E-state index contributed by atoms with van der Waals surface area (Å²) in [6.45, 7) is 0.965. The molecule has 2 N–H and O–H groups in total. The van der Waals surface area contributed by atoms with Crippen LogP contribution < -0.4 is 10.6 Å². The molecule has 106 valence electrons. The molecule has 1 aliphatic carbocycles. The van der Waals surface area contributed by atoms with Crippen LogP contribution in [0.3, 0.4) is 0 Å². The number of aromatic nitrogens is 2. The van der Waals surface area contributed by atoms with Crippen molar-refractivity contribution in [3.63, 3.8) is 0 Å². The fourth-order valence-electron chi connectivity index (χ4n) is 2.56. The second kappa shape index (κ2) is 6.79. The van der Waals surface area contributed by atoms with E-state index in [1.807, 2.05) is 18.8 Å².